The van der Waals surface area contributed by atoms with Crippen molar-refractivity contribution in [3.8, 4) is 11.5 Å². The van der Waals surface area contributed by atoms with E-state index >= 15 is 0 Å². The van der Waals surface area contributed by atoms with E-state index in [4.69, 9.17) is 15.2 Å². The minimum absolute atomic E-state index is 0.000685. The molecule has 1 aliphatic heterocycles. The van der Waals surface area contributed by atoms with Gasteiger partial charge in [-0.15, -0.1) is 11.3 Å². The van der Waals surface area contributed by atoms with E-state index < -0.39 is 0 Å². The number of hydrogen-bond acceptors (Lipinski definition) is 5. The van der Waals surface area contributed by atoms with Gasteiger partial charge in [-0.05, 0) is 50.5 Å². The van der Waals surface area contributed by atoms with Crippen molar-refractivity contribution >= 4 is 22.9 Å². The van der Waals surface area contributed by atoms with E-state index in [1.54, 1.807) is 11.3 Å². The summed E-state index contributed by atoms with van der Waals surface area (Å²) >= 11 is 1.73. The quantitative estimate of drug-likeness (QED) is 0.892. The maximum Gasteiger partial charge on any atom is 0.230 e. The van der Waals surface area contributed by atoms with Gasteiger partial charge in [0.15, 0.2) is 11.5 Å². The van der Waals surface area contributed by atoms with Crippen LogP contribution in [0.4, 0.5) is 5.69 Å². The number of amides is 1. The molecule has 4 rings (SSSR count). The molecule has 0 bridgehead atoms. The van der Waals surface area contributed by atoms with Crippen molar-refractivity contribution < 1.29 is 14.3 Å². The maximum absolute atomic E-state index is 13.3. The van der Waals surface area contributed by atoms with Gasteiger partial charge in [-0.2, -0.15) is 0 Å². The molecule has 2 heterocycles. The van der Waals surface area contributed by atoms with E-state index in [1.807, 2.05) is 23.1 Å². The molecule has 2 atom stereocenters. The summed E-state index contributed by atoms with van der Waals surface area (Å²) in [5.74, 6) is 1.60. The summed E-state index contributed by atoms with van der Waals surface area (Å²) in [6.07, 6.45) is 2.55. The third-order valence-corrected chi connectivity index (χ3v) is 6.02. The fraction of sp³-hybridized carbons (Fsp3) is 0.450. The highest BCUT2D eigenvalue weighted by molar-refractivity contribution is 7.11. The number of anilines is 1. The predicted octanol–water partition coefficient (Wildman–Crippen LogP) is 3.49. The Kier molecular flexibility index (Phi) is 4.87. The fourth-order valence-corrected chi connectivity index (χ4v) is 4.56. The molecule has 0 spiro atoms. The first-order chi connectivity index (χ1) is 12.6. The zero-order chi connectivity index (χ0) is 18.1. The number of aryl methyl sites for hydroxylation is 1. The second-order valence-electron chi connectivity index (χ2n) is 7.03. The van der Waals surface area contributed by atoms with Crippen LogP contribution in [0.2, 0.25) is 0 Å². The van der Waals surface area contributed by atoms with E-state index in [0.717, 1.165) is 30.7 Å². The summed E-state index contributed by atoms with van der Waals surface area (Å²) in [5.41, 5.74) is 6.90. The standard InChI is InChI=1S/C20H24N2O3S/c1-13-2-6-17(26-13)12-22(20(23)14-3-4-15(21)10-14)16-5-7-18-19(11-16)25-9-8-24-18/h2,5-7,11,14-15H,3-4,8-10,12,21H2,1H3. The number of nitrogens with two attached hydrogens (primary N) is 1. The number of rotatable bonds is 4. The number of fused-ring (bicyclic) bond motifs is 1. The topological polar surface area (TPSA) is 64.8 Å². The summed E-state index contributed by atoms with van der Waals surface area (Å²) in [4.78, 5) is 17.6. The van der Waals surface area contributed by atoms with Gasteiger partial charge in [0.25, 0.3) is 0 Å². The molecular weight excluding hydrogens is 348 g/mol. The van der Waals surface area contributed by atoms with Gasteiger partial charge in [-0.3, -0.25) is 4.79 Å². The molecule has 2 unspecified atom stereocenters. The second kappa shape index (κ2) is 7.29. The number of nitrogens with zero attached hydrogens (tertiary/aromatic N) is 1. The van der Waals surface area contributed by atoms with Gasteiger partial charge in [0, 0.05) is 33.5 Å². The lowest BCUT2D eigenvalue weighted by molar-refractivity contribution is -0.122. The lowest BCUT2D eigenvalue weighted by atomic mass is 10.1. The first-order valence-electron chi connectivity index (χ1n) is 9.12. The summed E-state index contributed by atoms with van der Waals surface area (Å²) in [6.45, 7) is 3.75. The molecule has 1 aromatic heterocycles. The molecule has 1 fully saturated rings. The predicted molar refractivity (Wildman–Crippen MR) is 103 cm³/mol. The Morgan fingerprint density at radius 1 is 1.19 bits per heavy atom. The van der Waals surface area contributed by atoms with Crippen LogP contribution >= 0.6 is 11.3 Å². The first kappa shape index (κ1) is 17.4. The average molecular weight is 372 g/mol. The molecule has 1 aromatic carbocycles. The van der Waals surface area contributed by atoms with E-state index in [1.165, 1.54) is 9.75 Å². The molecule has 5 nitrogen and oxygen atoms in total. The zero-order valence-corrected chi connectivity index (χ0v) is 15.8. The monoisotopic (exact) mass is 372 g/mol. The molecule has 26 heavy (non-hydrogen) atoms. The van der Waals surface area contributed by atoms with Gasteiger partial charge in [0.2, 0.25) is 5.91 Å². The van der Waals surface area contributed by atoms with Crippen LogP contribution in [0.25, 0.3) is 0 Å². The maximum atomic E-state index is 13.3. The largest absolute Gasteiger partial charge is 0.486 e. The summed E-state index contributed by atoms with van der Waals surface area (Å²) in [7, 11) is 0. The van der Waals surface area contributed by atoms with Crippen LogP contribution in [0.3, 0.4) is 0 Å². The Morgan fingerprint density at radius 2 is 2.00 bits per heavy atom. The van der Waals surface area contributed by atoms with Crippen molar-refractivity contribution in [2.75, 3.05) is 18.1 Å². The van der Waals surface area contributed by atoms with Gasteiger partial charge in [-0.25, -0.2) is 0 Å². The minimum Gasteiger partial charge on any atom is -0.486 e. The Labute approximate surface area is 157 Å². The Morgan fingerprint density at radius 3 is 2.69 bits per heavy atom. The lowest BCUT2D eigenvalue weighted by Crippen LogP contribution is -2.35. The molecule has 138 valence electrons. The van der Waals surface area contributed by atoms with E-state index in [-0.39, 0.29) is 17.9 Å². The first-order valence-corrected chi connectivity index (χ1v) is 9.94. The summed E-state index contributed by atoms with van der Waals surface area (Å²) in [6, 6.07) is 10.1. The van der Waals surface area contributed by atoms with Crippen LogP contribution in [0, 0.1) is 12.8 Å². The van der Waals surface area contributed by atoms with Crippen molar-refractivity contribution in [1.82, 2.24) is 0 Å². The molecule has 1 amide bonds. The number of benzene rings is 1. The van der Waals surface area contributed by atoms with Crippen molar-refractivity contribution in [2.45, 2.75) is 38.8 Å². The van der Waals surface area contributed by atoms with Crippen LogP contribution in [-0.4, -0.2) is 25.2 Å². The molecule has 1 saturated carbocycles. The van der Waals surface area contributed by atoms with E-state index in [0.29, 0.717) is 25.5 Å². The molecule has 0 radical (unpaired) electrons. The number of carbonyl (C=O) groups excluding carboxylic acids is 1. The van der Waals surface area contributed by atoms with Crippen LogP contribution in [0.5, 0.6) is 11.5 Å². The summed E-state index contributed by atoms with van der Waals surface area (Å²) < 4.78 is 11.3. The smallest absolute Gasteiger partial charge is 0.230 e. The van der Waals surface area contributed by atoms with E-state index in [9.17, 15) is 4.79 Å². The molecule has 1 aliphatic carbocycles. The van der Waals surface area contributed by atoms with Crippen LogP contribution in [-0.2, 0) is 11.3 Å². The van der Waals surface area contributed by atoms with Crippen LogP contribution < -0.4 is 20.1 Å². The number of carbonyl (C=O) groups is 1. The van der Waals surface area contributed by atoms with Gasteiger partial charge < -0.3 is 20.1 Å². The minimum atomic E-state index is -0.000685. The SMILES string of the molecule is Cc1ccc(CN(C(=O)C2CCC(N)C2)c2ccc3c(c2)OCCO3)s1. The molecule has 2 N–H and O–H groups in total. The molecule has 0 saturated heterocycles. The Hall–Kier alpha value is -2.05. The third-order valence-electron chi connectivity index (χ3n) is 5.04. The summed E-state index contributed by atoms with van der Waals surface area (Å²) in [5, 5.41) is 0. The van der Waals surface area contributed by atoms with Crippen LogP contribution in [0.15, 0.2) is 30.3 Å². The third kappa shape index (κ3) is 3.57. The van der Waals surface area contributed by atoms with Gasteiger partial charge in [0.1, 0.15) is 13.2 Å². The molecule has 2 aliphatic rings. The molecular formula is C20H24N2O3S. The molecule has 6 heteroatoms. The van der Waals surface area contributed by atoms with Crippen molar-refractivity contribution in [3.63, 3.8) is 0 Å². The highest BCUT2D eigenvalue weighted by atomic mass is 32.1. The highest BCUT2D eigenvalue weighted by Gasteiger charge is 2.32. The number of ether oxygens (including phenoxy) is 2. The van der Waals surface area contributed by atoms with Gasteiger partial charge in [-0.1, -0.05) is 0 Å². The van der Waals surface area contributed by atoms with Gasteiger partial charge in [0.05, 0.1) is 6.54 Å². The molecule has 2 aromatic rings. The van der Waals surface area contributed by atoms with Gasteiger partial charge >= 0.3 is 0 Å². The number of hydrogen-bond donors (Lipinski definition) is 1. The number of thiophene rings is 1. The Bertz CT molecular complexity index is 804. The highest BCUT2D eigenvalue weighted by Crippen LogP contribution is 2.36. The van der Waals surface area contributed by atoms with Crippen LogP contribution in [0.1, 0.15) is 29.0 Å². The average Bonchev–Trinajstić information content (AvgIpc) is 3.27. The second-order valence-corrected chi connectivity index (χ2v) is 8.41. The normalized spacial score (nSPS) is 21.6. The Balaban J connectivity index is 1.64. The fourth-order valence-electron chi connectivity index (χ4n) is 3.68. The zero-order valence-electron chi connectivity index (χ0n) is 14.9. The van der Waals surface area contributed by atoms with Crippen molar-refractivity contribution in [3.05, 3.63) is 40.1 Å². The van der Waals surface area contributed by atoms with Crippen molar-refractivity contribution in [1.29, 1.82) is 0 Å². The van der Waals surface area contributed by atoms with E-state index in [2.05, 4.69) is 19.1 Å². The van der Waals surface area contributed by atoms with Crippen molar-refractivity contribution in [2.24, 2.45) is 11.7 Å². The lowest BCUT2D eigenvalue weighted by Gasteiger charge is -2.27.